The van der Waals surface area contributed by atoms with Gasteiger partial charge >= 0.3 is 0 Å². The van der Waals surface area contributed by atoms with E-state index in [1.54, 1.807) is 12.1 Å². The highest BCUT2D eigenvalue weighted by molar-refractivity contribution is 6.30. The van der Waals surface area contributed by atoms with Crippen LogP contribution in [0.3, 0.4) is 0 Å². The molecule has 1 atom stereocenters. The van der Waals surface area contributed by atoms with E-state index in [0.717, 1.165) is 30.5 Å². The molecule has 1 aromatic heterocycles. The molecule has 5 nitrogen and oxygen atoms in total. The van der Waals surface area contributed by atoms with Crippen LogP contribution in [0.25, 0.3) is 11.3 Å². The number of aliphatic hydroxyl groups is 1. The summed E-state index contributed by atoms with van der Waals surface area (Å²) >= 11 is 5.95. The van der Waals surface area contributed by atoms with Crippen LogP contribution < -0.4 is 4.90 Å². The van der Waals surface area contributed by atoms with Crippen LogP contribution in [-0.2, 0) is 6.61 Å². The fraction of sp³-hybridized carbons (Fsp3) is 0.545. The Morgan fingerprint density at radius 3 is 2.57 bits per heavy atom. The molecule has 6 heteroatoms. The third-order valence-electron chi connectivity index (χ3n) is 6.90. The van der Waals surface area contributed by atoms with Crippen molar-refractivity contribution < 1.29 is 10.2 Å². The summed E-state index contributed by atoms with van der Waals surface area (Å²) in [4.78, 5) is 11.7. The van der Waals surface area contributed by atoms with E-state index in [1.165, 1.54) is 38.2 Å². The molecule has 1 spiro atoms. The molecule has 1 aliphatic carbocycles. The number of anilines is 1. The van der Waals surface area contributed by atoms with Gasteiger partial charge in [-0.3, -0.25) is 0 Å². The molecule has 0 bridgehead atoms. The summed E-state index contributed by atoms with van der Waals surface area (Å²) in [7, 11) is 0. The van der Waals surface area contributed by atoms with Crippen LogP contribution >= 0.6 is 11.6 Å². The molecular formula is C22H28ClN3O2. The molecule has 2 aliphatic rings. The summed E-state index contributed by atoms with van der Waals surface area (Å²) in [5.74, 6) is 1.64. The summed E-state index contributed by atoms with van der Waals surface area (Å²) in [6, 6.07) is 4.95. The summed E-state index contributed by atoms with van der Waals surface area (Å²) in [6.45, 7) is 6.03. The lowest BCUT2D eigenvalue weighted by molar-refractivity contribution is 0.161. The van der Waals surface area contributed by atoms with Gasteiger partial charge in [0.15, 0.2) is 5.82 Å². The second kappa shape index (κ2) is 7.53. The number of hydrogen-bond acceptors (Lipinski definition) is 5. The van der Waals surface area contributed by atoms with Crippen molar-refractivity contribution in [1.82, 2.24) is 9.97 Å². The molecule has 1 saturated heterocycles. The largest absolute Gasteiger partial charge is 0.507 e. The minimum Gasteiger partial charge on any atom is -0.507 e. The van der Waals surface area contributed by atoms with Crippen molar-refractivity contribution in [3.8, 4) is 17.0 Å². The zero-order chi connectivity index (χ0) is 19.9. The van der Waals surface area contributed by atoms with Gasteiger partial charge < -0.3 is 15.1 Å². The van der Waals surface area contributed by atoms with Crippen LogP contribution in [0.2, 0.25) is 5.02 Å². The number of nitrogens with zero attached hydrogens (tertiary/aromatic N) is 3. The lowest BCUT2D eigenvalue weighted by Gasteiger charge is -2.43. The highest BCUT2D eigenvalue weighted by atomic mass is 35.5. The third kappa shape index (κ3) is 3.35. The average molecular weight is 402 g/mol. The zero-order valence-corrected chi connectivity index (χ0v) is 17.3. The molecule has 2 heterocycles. The van der Waals surface area contributed by atoms with Gasteiger partial charge in [-0.05, 0) is 55.7 Å². The normalized spacial score (nSPS) is 21.4. The number of piperidine rings is 1. The minimum atomic E-state index is -0.179. The van der Waals surface area contributed by atoms with Gasteiger partial charge in [0.05, 0.1) is 18.0 Å². The van der Waals surface area contributed by atoms with Crippen molar-refractivity contribution in [2.75, 3.05) is 18.0 Å². The topological polar surface area (TPSA) is 69.5 Å². The minimum absolute atomic E-state index is 0.0664. The second-order valence-corrected chi connectivity index (χ2v) is 8.83. The maximum Gasteiger partial charge on any atom is 0.153 e. The maximum absolute atomic E-state index is 10.3. The van der Waals surface area contributed by atoms with Crippen LogP contribution in [0.5, 0.6) is 5.75 Å². The van der Waals surface area contributed by atoms with E-state index in [-0.39, 0.29) is 12.4 Å². The highest BCUT2D eigenvalue weighted by Gasteiger charge is 2.42. The zero-order valence-electron chi connectivity index (χ0n) is 16.6. The molecule has 0 radical (unpaired) electrons. The number of phenolic OH excluding ortho intramolecular Hbond substituents is 1. The van der Waals surface area contributed by atoms with E-state index in [9.17, 15) is 10.2 Å². The smallest absolute Gasteiger partial charge is 0.153 e. The van der Waals surface area contributed by atoms with Gasteiger partial charge in [0.25, 0.3) is 0 Å². The van der Waals surface area contributed by atoms with Gasteiger partial charge in [-0.1, -0.05) is 31.4 Å². The highest BCUT2D eigenvalue weighted by Crippen LogP contribution is 2.50. The lowest BCUT2D eigenvalue weighted by atomic mass is 9.71. The van der Waals surface area contributed by atoms with Gasteiger partial charge in [0.2, 0.25) is 0 Å². The summed E-state index contributed by atoms with van der Waals surface area (Å²) in [6.07, 6.45) is 6.40. The standard InChI is InChI=1S/C22H28ClN3O2/c1-14-4-3-7-22(14)8-10-26(11-9-22)21-18(13-27)25-20(15(2)24-21)17-6-5-16(23)12-19(17)28/h5-6,12,14,27-28H,3-4,7-11,13H2,1-2H3/t14-/m1/s1. The lowest BCUT2D eigenvalue weighted by Crippen LogP contribution is -2.42. The Morgan fingerprint density at radius 2 is 1.96 bits per heavy atom. The second-order valence-electron chi connectivity index (χ2n) is 8.39. The molecule has 0 unspecified atom stereocenters. The summed E-state index contributed by atoms with van der Waals surface area (Å²) in [5, 5.41) is 20.7. The molecular weight excluding hydrogens is 374 g/mol. The maximum atomic E-state index is 10.3. The van der Waals surface area contributed by atoms with Crippen molar-refractivity contribution in [3.63, 3.8) is 0 Å². The number of aliphatic hydroxyl groups excluding tert-OH is 1. The number of rotatable bonds is 3. The number of aryl methyl sites for hydroxylation is 1. The molecule has 2 N–H and O–H groups in total. The van der Waals surface area contributed by atoms with Crippen molar-refractivity contribution in [2.24, 2.45) is 11.3 Å². The number of halogens is 1. The molecule has 1 aliphatic heterocycles. The Morgan fingerprint density at radius 1 is 1.21 bits per heavy atom. The first-order chi connectivity index (χ1) is 13.4. The Balaban J connectivity index is 1.63. The molecule has 1 saturated carbocycles. The molecule has 0 amide bonds. The Labute approximate surface area is 171 Å². The average Bonchev–Trinajstić information content (AvgIpc) is 3.03. The number of aromatic nitrogens is 2. The van der Waals surface area contributed by atoms with E-state index in [0.29, 0.717) is 27.4 Å². The predicted octanol–water partition coefficient (Wildman–Crippen LogP) is 4.71. The Bertz CT molecular complexity index is 878. The summed E-state index contributed by atoms with van der Waals surface area (Å²) in [5.41, 5.74) is 2.95. The van der Waals surface area contributed by atoms with E-state index >= 15 is 0 Å². The van der Waals surface area contributed by atoms with Crippen molar-refractivity contribution in [1.29, 1.82) is 0 Å². The molecule has 1 aromatic carbocycles. The predicted molar refractivity (Wildman–Crippen MR) is 112 cm³/mol. The Hall–Kier alpha value is -1.85. The van der Waals surface area contributed by atoms with Gasteiger partial charge in [0, 0.05) is 23.7 Å². The molecule has 2 aromatic rings. The van der Waals surface area contributed by atoms with E-state index in [2.05, 4.69) is 16.8 Å². The first-order valence-corrected chi connectivity index (χ1v) is 10.5. The molecule has 150 valence electrons. The quantitative estimate of drug-likeness (QED) is 0.779. The van der Waals surface area contributed by atoms with Crippen LogP contribution in [-0.4, -0.2) is 33.3 Å². The third-order valence-corrected chi connectivity index (χ3v) is 7.14. The first-order valence-electron chi connectivity index (χ1n) is 10.2. The molecule has 2 fully saturated rings. The van der Waals surface area contributed by atoms with Crippen LogP contribution in [0.4, 0.5) is 5.82 Å². The SMILES string of the molecule is Cc1nc(N2CCC3(CCC[C@H]3C)CC2)c(CO)nc1-c1ccc(Cl)cc1O. The summed E-state index contributed by atoms with van der Waals surface area (Å²) < 4.78 is 0. The fourth-order valence-electron chi connectivity index (χ4n) is 5.08. The number of phenols is 1. The van der Waals surface area contributed by atoms with Gasteiger partial charge in [0.1, 0.15) is 11.4 Å². The van der Waals surface area contributed by atoms with Crippen LogP contribution in [0, 0.1) is 18.3 Å². The van der Waals surface area contributed by atoms with Gasteiger partial charge in [-0.15, -0.1) is 0 Å². The number of hydrogen-bond donors (Lipinski definition) is 2. The Kier molecular flexibility index (Phi) is 5.23. The van der Waals surface area contributed by atoms with E-state index in [4.69, 9.17) is 16.6 Å². The van der Waals surface area contributed by atoms with Crippen LogP contribution in [0.15, 0.2) is 18.2 Å². The molecule has 28 heavy (non-hydrogen) atoms. The fourth-order valence-corrected chi connectivity index (χ4v) is 5.25. The van der Waals surface area contributed by atoms with E-state index in [1.807, 2.05) is 6.92 Å². The first kappa shape index (κ1) is 19.5. The number of benzene rings is 1. The monoisotopic (exact) mass is 401 g/mol. The van der Waals surface area contributed by atoms with Gasteiger partial charge in [-0.25, -0.2) is 9.97 Å². The van der Waals surface area contributed by atoms with E-state index < -0.39 is 0 Å². The molecule has 4 rings (SSSR count). The van der Waals surface area contributed by atoms with Crippen molar-refractivity contribution >= 4 is 17.4 Å². The number of aromatic hydroxyl groups is 1. The van der Waals surface area contributed by atoms with Crippen molar-refractivity contribution in [3.05, 3.63) is 34.6 Å². The van der Waals surface area contributed by atoms with Crippen molar-refractivity contribution in [2.45, 2.75) is 52.6 Å². The van der Waals surface area contributed by atoms with Crippen LogP contribution in [0.1, 0.15) is 50.4 Å². The van der Waals surface area contributed by atoms with Gasteiger partial charge in [-0.2, -0.15) is 0 Å².